The molecule has 2 aliphatic rings. The van der Waals surface area contributed by atoms with Crippen molar-refractivity contribution in [1.29, 1.82) is 0 Å². The summed E-state index contributed by atoms with van der Waals surface area (Å²) in [4.78, 5) is 13.1. The smallest absolute Gasteiger partial charge is 0.404 e. The predicted octanol–water partition coefficient (Wildman–Crippen LogP) is 1.66. The van der Waals surface area contributed by atoms with Gasteiger partial charge in [0.15, 0.2) is 0 Å². The zero-order valence-corrected chi connectivity index (χ0v) is 9.11. The van der Waals surface area contributed by atoms with E-state index in [2.05, 4.69) is 10.2 Å². The maximum absolute atomic E-state index is 10.5. The van der Waals surface area contributed by atoms with E-state index in [4.69, 9.17) is 5.11 Å². The summed E-state index contributed by atoms with van der Waals surface area (Å²) in [5.41, 5.74) is 0. The molecule has 2 N–H and O–H groups in total. The van der Waals surface area contributed by atoms with Crippen molar-refractivity contribution in [2.45, 2.75) is 50.6 Å². The third kappa shape index (κ3) is 2.84. The quantitative estimate of drug-likeness (QED) is 0.732. The molecule has 0 spiro atoms. The van der Waals surface area contributed by atoms with Crippen LogP contribution in [0.4, 0.5) is 4.79 Å². The van der Waals surface area contributed by atoms with Gasteiger partial charge in [-0.1, -0.05) is 0 Å². The van der Waals surface area contributed by atoms with Crippen molar-refractivity contribution in [1.82, 2.24) is 10.2 Å². The van der Waals surface area contributed by atoms with Gasteiger partial charge in [-0.05, 0) is 51.6 Å². The highest BCUT2D eigenvalue weighted by Crippen LogP contribution is 2.25. The van der Waals surface area contributed by atoms with E-state index in [0.717, 1.165) is 31.7 Å². The maximum Gasteiger partial charge on any atom is 0.404 e. The first-order valence-corrected chi connectivity index (χ1v) is 5.99. The third-order valence-corrected chi connectivity index (χ3v) is 3.68. The number of hydrogen-bond acceptors (Lipinski definition) is 2. The minimum absolute atomic E-state index is 0.196. The van der Waals surface area contributed by atoms with Gasteiger partial charge in [0.1, 0.15) is 0 Å². The van der Waals surface area contributed by atoms with E-state index in [0.29, 0.717) is 0 Å². The summed E-state index contributed by atoms with van der Waals surface area (Å²) < 4.78 is 0. The fraction of sp³-hybridized carbons (Fsp3) is 0.909. The molecule has 1 aliphatic carbocycles. The minimum Gasteiger partial charge on any atom is -0.465 e. The molecule has 0 aromatic rings. The van der Waals surface area contributed by atoms with Crippen LogP contribution in [-0.4, -0.2) is 41.3 Å². The van der Waals surface area contributed by atoms with Gasteiger partial charge in [0.2, 0.25) is 0 Å². The number of carboxylic acid groups (broad SMARTS) is 1. The molecule has 0 unspecified atom stereocenters. The summed E-state index contributed by atoms with van der Waals surface area (Å²) in [6.07, 6.45) is 6.14. The molecule has 4 nitrogen and oxygen atoms in total. The van der Waals surface area contributed by atoms with Gasteiger partial charge in [0.05, 0.1) is 0 Å². The Balaban J connectivity index is 1.73. The molecule has 0 bridgehead atoms. The van der Waals surface area contributed by atoms with E-state index < -0.39 is 6.09 Å². The molecule has 15 heavy (non-hydrogen) atoms. The lowest BCUT2D eigenvalue weighted by Crippen LogP contribution is -2.42. The van der Waals surface area contributed by atoms with Gasteiger partial charge in [0.25, 0.3) is 0 Å². The summed E-state index contributed by atoms with van der Waals surface area (Å²) >= 11 is 0. The number of nitrogens with zero attached hydrogens (tertiary/aromatic N) is 1. The van der Waals surface area contributed by atoms with Crippen LogP contribution in [0.5, 0.6) is 0 Å². The first kappa shape index (κ1) is 10.7. The third-order valence-electron chi connectivity index (χ3n) is 3.68. The molecule has 1 saturated heterocycles. The molecule has 0 aromatic heterocycles. The van der Waals surface area contributed by atoms with Crippen LogP contribution in [0.15, 0.2) is 0 Å². The predicted molar refractivity (Wildman–Crippen MR) is 58.0 cm³/mol. The lowest BCUT2D eigenvalue weighted by Gasteiger charge is -2.34. The van der Waals surface area contributed by atoms with Gasteiger partial charge in [-0.2, -0.15) is 0 Å². The van der Waals surface area contributed by atoms with Gasteiger partial charge < -0.3 is 15.3 Å². The Hall–Kier alpha value is -0.770. The second kappa shape index (κ2) is 4.84. The first-order valence-electron chi connectivity index (χ1n) is 5.99. The topological polar surface area (TPSA) is 52.6 Å². The number of carbonyl (C=O) groups is 1. The highest BCUT2D eigenvalue weighted by atomic mass is 16.4. The molecule has 0 radical (unpaired) electrons. The van der Waals surface area contributed by atoms with E-state index in [1.807, 2.05) is 0 Å². The fourth-order valence-electron chi connectivity index (χ4n) is 2.87. The molecular formula is C11H20N2O2. The number of rotatable bonds is 2. The van der Waals surface area contributed by atoms with Gasteiger partial charge in [-0.3, -0.25) is 0 Å². The largest absolute Gasteiger partial charge is 0.465 e. The van der Waals surface area contributed by atoms with Crippen LogP contribution in [0.25, 0.3) is 0 Å². The molecule has 86 valence electrons. The molecule has 1 saturated carbocycles. The van der Waals surface area contributed by atoms with Gasteiger partial charge in [-0.15, -0.1) is 0 Å². The second-order valence-electron chi connectivity index (χ2n) is 4.70. The van der Waals surface area contributed by atoms with Crippen molar-refractivity contribution in [3.05, 3.63) is 0 Å². The van der Waals surface area contributed by atoms with Crippen molar-refractivity contribution in [2.75, 3.05) is 13.1 Å². The lowest BCUT2D eigenvalue weighted by atomic mass is 9.90. The monoisotopic (exact) mass is 212 g/mol. The number of amides is 1. The van der Waals surface area contributed by atoms with Gasteiger partial charge in [0, 0.05) is 12.1 Å². The Morgan fingerprint density at radius 1 is 1.13 bits per heavy atom. The Morgan fingerprint density at radius 3 is 2.27 bits per heavy atom. The van der Waals surface area contributed by atoms with E-state index in [1.165, 1.54) is 25.9 Å². The van der Waals surface area contributed by atoms with Crippen LogP contribution in [0.3, 0.4) is 0 Å². The van der Waals surface area contributed by atoms with E-state index in [9.17, 15) is 4.79 Å². The minimum atomic E-state index is -0.875. The van der Waals surface area contributed by atoms with Gasteiger partial charge in [-0.25, -0.2) is 4.79 Å². The molecule has 1 heterocycles. The van der Waals surface area contributed by atoms with Crippen molar-refractivity contribution in [2.24, 2.45) is 0 Å². The Labute approximate surface area is 90.6 Å². The van der Waals surface area contributed by atoms with Crippen molar-refractivity contribution in [3.8, 4) is 0 Å². The van der Waals surface area contributed by atoms with Crippen LogP contribution in [0.2, 0.25) is 0 Å². The molecule has 2 rings (SSSR count). The summed E-state index contributed by atoms with van der Waals surface area (Å²) in [7, 11) is 0. The molecule has 0 aromatic carbocycles. The normalized spacial score (nSPS) is 32.8. The van der Waals surface area contributed by atoms with E-state index in [-0.39, 0.29) is 6.04 Å². The Morgan fingerprint density at radius 2 is 1.73 bits per heavy atom. The molecule has 2 fully saturated rings. The second-order valence-corrected chi connectivity index (χ2v) is 4.70. The first-order chi connectivity index (χ1) is 7.25. The van der Waals surface area contributed by atoms with Crippen LogP contribution in [0.1, 0.15) is 38.5 Å². The average Bonchev–Trinajstić information content (AvgIpc) is 2.71. The summed E-state index contributed by atoms with van der Waals surface area (Å²) in [6.45, 7) is 2.50. The highest BCUT2D eigenvalue weighted by molar-refractivity contribution is 5.64. The van der Waals surface area contributed by atoms with Crippen LogP contribution in [-0.2, 0) is 0 Å². The van der Waals surface area contributed by atoms with Crippen LogP contribution < -0.4 is 5.32 Å². The summed E-state index contributed by atoms with van der Waals surface area (Å²) in [5.74, 6) is 0. The molecule has 1 amide bonds. The average molecular weight is 212 g/mol. The van der Waals surface area contributed by atoms with Gasteiger partial charge >= 0.3 is 6.09 Å². The van der Waals surface area contributed by atoms with E-state index in [1.54, 1.807) is 0 Å². The Bertz CT molecular complexity index is 219. The number of nitrogens with one attached hydrogen (secondary N) is 1. The van der Waals surface area contributed by atoms with Crippen LogP contribution >= 0.6 is 0 Å². The highest BCUT2D eigenvalue weighted by Gasteiger charge is 2.27. The Kier molecular flexibility index (Phi) is 3.46. The van der Waals surface area contributed by atoms with Crippen molar-refractivity contribution in [3.63, 3.8) is 0 Å². The van der Waals surface area contributed by atoms with Crippen molar-refractivity contribution >= 4 is 6.09 Å². The summed E-state index contributed by atoms with van der Waals surface area (Å²) in [5, 5.41) is 11.2. The molecule has 4 heteroatoms. The van der Waals surface area contributed by atoms with Crippen LogP contribution in [0, 0.1) is 0 Å². The standard InChI is InChI=1S/C11H20N2O2/c14-11(15)12-9-3-5-10(6-4-9)13-7-1-2-8-13/h9-10,12H,1-8H2,(H,14,15). The molecular weight excluding hydrogens is 192 g/mol. The maximum atomic E-state index is 10.5. The zero-order chi connectivity index (χ0) is 10.7. The van der Waals surface area contributed by atoms with Crippen molar-refractivity contribution < 1.29 is 9.90 Å². The zero-order valence-electron chi connectivity index (χ0n) is 9.11. The SMILES string of the molecule is O=C(O)NC1CCC(N2CCCC2)CC1. The lowest BCUT2D eigenvalue weighted by molar-refractivity contribution is 0.160. The van der Waals surface area contributed by atoms with E-state index >= 15 is 0 Å². The number of hydrogen-bond donors (Lipinski definition) is 2. The summed E-state index contributed by atoms with van der Waals surface area (Å²) in [6, 6.07) is 0.917. The molecule has 0 atom stereocenters. The number of likely N-dealkylation sites (tertiary alicyclic amines) is 1. The molecule has 1 aliphatic heterocycles. The fourth-order valence-corrected chi connectivity index (χ4v) is 2.87.